The Hall–Kier alpha value is -2.28. The van der Waals surface area contributed by atoms with Crippen LogP contribution in [0.5, 0.6) is 5.75 Å². The third-order valence-electron chi connectivity index (χ3n) is 2.48. The number of hydrogen-bond acceptors (Lipinski definition) is 6. The van der Waals surface area contributed by atoms with Crippen LogP contribution in [0.15, 0.2) is 29.2 Å². The summed E-state index contributed by atoms with van der Waals surface area (Å²) in [5.74, 6) is -0.307. The second kappa shape index (κ2) is 6.94. The topological polar surface area (TPSA) is 81.7 Å². The van der Waals surface area contributed by atoms with Crippen molar-refractivity contribution in [1.29, 1.82) is 0 Å². The lowest BCUT2D eigenvalue weighted by Crippen LogP contribution is -2.17. The molecule has 0 aromatic heterocycles. The second-order valence-electron chi connectivity index (χ2n) is 4.01. The van der Waals surface area contributed by atoms with Crippen molar-refractivity contribution in [1.82, 2.24) is 5.32 Å². The first-order valence-corrected chi connectivity index (χ1v) is 7.03. The van der Waals surface area contributed by atoms with Crippen molar-refractivity contribution in [2.24, 2.45) is 0 Å². The Bertz CT molecular complexity index is 594. The summed E-state index contributed by atoms with van der Waals surface area (Å²) < 4.78 is 9.99. The molecular weight excluding hydrogens is 294 g/mol. The van der Waals surface area contributed by atoms with E-state index in [2.05, 4.69) is 5.32 Å². The minimum absolute atomic E-state index is 0.152. The van der Waals surface area contributed by atoms with Crippen molar-refractivity contribution in [2.45, 2.75) is 6.92 Å². The number of esters is 1. The van der Waals surface area contributed by atoms with Crippen molar-refractivity contribution in [2.75, 3.05) is 13.2 Å². The van der Waals surface area contributed by atoms with Crippen LogP contribution in [-0.4, -0.2) is 30.3 Å². The number of nitrogens with one attached hydrogen (secondary N) is 1. The smallest absolute Gasteiger partial charge is 0.344 e. The van der Waals surface area contributed by atoms with Gasteiger partial charge in [-0.3, -0.25) is 14.9 Å². The lowest BCUT2D eigenvalue weighted by atomic mass is 10.2. The van der Waals surface area contributed by atoms with E-state index in [0.29, 0.717) is 17.3 Å². The van der Waals surface area contributed by atoms with E-state index >= 15 is 0 Å². The van der Waals surface area contributed by atoms with Gasteiger partial charge in [-0.05, 0) is 42.5 Å². The van der Waals surface area contributed by atoms with Gasteiger partial charge in [-0.15, -0.1) is 0 Å². The van der Waals surface area contributed by atoms with Gasteiger partial charge in [0.2, 0.25) is 0 Å². The first-order chi connectivity index (χ1) is 10.1. The van der Waals surface area contributed by atoms with Gasteiger partial charge in [0.15, 0.2) is 6.61 Å². The SMILES string of the molecule is CCOC(=O)COc1ccc(/C=C2\SC(=O)NC2=O)cc1. The fourth-order valence-corrected chi connectivity index (χ4v) is 2.26. The van der Waals surface area contributed by atoms with E-state index in [1.165, 1.54) is 0 Å². The predicted octanol–water partition coefficient (Wildman–Crippen LogP) is 1.95. The molecular formula is C14H13NO5S. The van der Waals surface area contributed by atoms with E-state index in [1.807, 2.05) is 0 Å². The van der Waals surface area contributed by atoms with E-state index in [9.17, 15) is 14.4 Å². The Balaban J connectivity index is 1.96. The number of imide groups is 1. The minimum Gasteiger partial charge on any atom is -0.482 e. The maximum absolute atomic E-state index is 11.4. The highest BCUT2D eigenvalue weighted by Crippen LogP contribution is 2.26. The van der Waals surface area contributed by atoms with Crippen LogP contribution in [0.3, 0.4) is 0 Å². The fourth-order valence-electron chi connectivity index (χ4n) is 1.58. The molecule has 2 rings (SSSR count). The first-order valence-electron chi connectivity index (χ1n) is 6.22. The van der Waals surface area contributed by atoms with E-state index in [4.69, 9.17) is 9.47 Å². The number of rotatable bonds is 5. The van der Waals surface area contributed by atoms with Crippen LogP contribution < -0.4 is 10.1 Å². The average molecular weight is 307 g/mol. The molecule has 0 radical (unpaired) electrons. The zero-order chi connectivity index (χ0) is 15.2. The van der Waals surface area contributed by atoms with E-state index in [1.54, 1.807) is 37.3 Å². The van der Waals surface area contributed by atoms with Gasteiger partial charge in [0.05, 0.1) is 11.5 Å². The van der Waals surface area contributed by atoms with Gasteiger partial charge in [-0.25, -0.2) is 4.79 Å². The molecule has 0 spiro atoms. The summed E-state index contributed by atoms with van der Waals surface area (Å²) in [5, 5.41) is 1.81. The summed E-state index contributed by atoms with van der Waals surface area (Å²) in [6, 6.07) is 6.80. The zero-order valence-corrected chi connectivity index (χ0v) is 12.1. The summed E-state index contributed by atoms with van der Waals surface area (Å²) in [6.45, 7) is 1.89. The Morgan fingerprint density at radius 3 is 2.57 bits per heavy atom. The molecule has 1 aliphatic heterocycles. The molecule has 2 amide bonds. The molecule has 7 heteroatoms. The lowest BCUT2D eigenvalue weighted by Gasteiger charge is -2.05. The van der Waals surface area contributed by atoms with Crippen LogP contribution in [0.4, 0.5) is 4.79 Å². The molecule has 1 fully saturated rings. The second-order valence-corrected chi connectivity index (χ2v) is 5.03. The zero-order valence-electron chi connectivity index (χ0n) is 11.3. The molecule has 0 bridgehead atoms. The number of amides is 2. The molecule has 0 atom stereocenters. The van der Waals surface area contributed by atoms with Crippen LogP contribution >= 0.6 is 11.8 Å². The van der Waals surface area contributed by atoms with Crippen LogP contribution in [0.1, 0.15) is 12.5 Å². The summed E-state index contributed by atoms with van der Waals surface area (Å²) >= 11 is 0.861. The van der Waals surface area contributed by atoms with Crippen molar-refractivity contribution in [3.05, 3.63) is 34.7 Å². The molecule has 1 saturated heterocycles. The van der Waals surface area contributed by atoms with Gasteiger partial charge in [0, 0.05) is 0 Å². The Morgan fingerprint density at radius 2 is 2.00 bits per heavy atom. The van der Waals surface area contributed by atoms with Gasteiger partial charge >= 0.3 is 5.97 Å². The van der Waals surface area contributed by atoms with Crippen LogP contribution in [0.2, 0.25) is 0 Å². The largest absolute Gasteiger partial charge is 0.482 e. The van der Waals surface area contributed by atoms with E-state index in [-0.39, 0.29) is 11.8 Å². The standard InChI is InChI=1S/C14H13NO5S/c1-2-19-12(16)8-20-10-5-3-9(4-6-10)7-11-13(17)15-14(18)21-11/h3-7H,2,8H2,1H3,(H,15,17,18)/b11-7-. The molecule has 1 aromatic carbocycles. The maximum atomic E-state index is 11.4. The Morgan fingerprint density at radius 1 is 1.29 bits per heavy atom. The molecule has 0 saturated carbocycles. The maximum Gasteiger partial charge on any atom is 0.344 e. The quantitative estimate of drug-likeness (QED) is 0.661. The molecule has 110 valence electrons. The molecule has 1 aromatic rings. The lowest BCUT2D eigenvalue weighted by molar-refractivity contribution is -0.145. The third-order valence-corrected chi connectivity index (χ3v) is 3.29. The van der Waals surface area contributed by atoms with Crippen molar-refractivity contribution in [3.63, 3.8) is 0 Å². The molecule has 21 heavy (non-hydrogen) atoms. The Labute approximate surface area is 125 Å². The highest BCUT2D eigenvalue weighted by atomic mass is 32.2. The van der Waals surface area contributed by atoms with Crippen molar-refractivity contribution >= 4 is 35.0 Å². The normalized spacial score (nSPS) is 16.0. The van der Waals surface area contributed by atoms with Gasteiger partial charge in [0.1, 0.15) is 5.75 Å². The molecule has 1 heterocycles. The minimum atomic E-state index is -0.429. The van der Waals surface area contributed by atoms with Gasteiger partial charge in [0.25, 0.3) is 11.1 Å². The molecule has 1 aliphatic rings. The molecule has 0 unspecified atom stereocenters. The van der Waals surface area contributed by atoms with Crippen molar-refractivity contribution < 1.29 is 23.9 Å². The summed E-state index contributed by atoms with van der Waals surface area (Å²) in [5.41, 5.74) is 0.755. The average Bonchev–Trinajstić information content (AvgIpc) is 2.76. The summed E-state index contributed by atoms with van der Waals surface area (Å²) in [6.07, 6.45) is 1.61. The van der Waals surface area contributed by atoms with Crippen LogP contribution in [0, 0.1) is 0 Å². The first kappa shape index (κ1) is 15.1. The number of thioether (sulfide) groups is 1. The number of carbonyl (C=O) groups excluding carboxylic acids is 3. The third kappa shape index (κ3) is 4.35. The van der Waals surface area contributed by atoms with Crippen LogP contribution in [0.25, 0.3) is 6.08 Å². The van der Waals surface area contributed by atoms with E-state index in [0.717, 1.165) is 17.3 Å². The molecule has 1 N–H and O–H groups in total. The number of ether oxygens (including phenoxy) is 2. The highest BCUT2D eigenvalue weighted by Gasteiger charge is 2.24. The van der Waals surface area contributed by atoms with Crippen molar-refractivity contribution in [3.8, 4) is 5.75 Å². The molecule has 0 aliphatic carbocycles. The van der Waals surface area contributed by atoms with Crippen LogP contribution in [-0.2, 0) is 14.3 Å². The summed E-state index contributed by atoms with van der Waals surface area (Å²) in [7, 11) is 0. The number of carbonyl (C=O) groups is 3. The number of hydrogen-bond donors (Lipinski definition) is 1. The number of benzene rings is 1. The molecule has 6 nitrogen and oxygen atoms in total. The monoisotopic (exact) mass is 307 g/mol. The van der Waals surface area contributed by atoms with Gasteiger partial charge in [-0.1, -0.05) is 12.1 Å². The summed E-state index contributed by atoms with van der Waals surface area (Å²) in [4.78, 5) is 33.9. The highest BCUT2D eigenvalue weighted by molar-refractivity contribution is 8.18. The van der Waals surface area contributed by atoms with Gasteiger partial charge < -0.3 is 9.47 Å². The Kier molecular flexibility index (Phi) is 4.99. The van der Waals surface area contributed by atoms with Gasteiger partial charge in [-0.2, -0.15) is 0 Å². The predicted molar refractivity (Wildman–Crippen MR) is 77.7 cm³/mol. The fraction of sp³-hybridized carbons (Fsp3) is 0.214. The van der Waals surface area contributed by atoms with E-state index < -0.39 is 11.9 Å².